The third-order valence-electron chi connectivity index (χ3n) is 10.4. The van der Waals surface area contributed by atoms with Crippen LogP contribution in [0.15, 0.2) is 230 Å². The zero-order valence-corrected chi connectivity index (χ0v) is 33.2. The highest BCUT2D eigenvalue weighted by molar-refractivity contribution is 7.74. The summed E-state index contributed by atoms with van der Waals surface area (Å²) in [6, 6.07) is 79.4. The first-order chi connectivity index (χ1) is 26.8. The van der Waals surface area contributed by atoms with Crippen LogP contribution >= 0.6 is 23.8 Å². The molecular formula is C51H45P3. The normalized spacial score (nSPS) is 13.8. The predicted octanol–water partition coefficient (Wildman–Crippen LogP) is 10.8. The van der Waals surface area contributed by atoms with Crippen molar-refractivity contribution in [3.63, 3.8) is 0 Å². The molecule has 0 aliphatic heterocycles. The van der Waals surface area contributed by atoms with Crippen LogP contribution in [-0.4, -0.2) is 18.5 Å². The Kier molecular flexibility index (Phi) is 11.9. The van der Waals surface area contributed by atoms with Crippen LogP contribution in [0, 0.1) is 5.41 Å². The van der Waals surface area contributed by atoms with Gasteiger partial charge >= 0.3 is 0 Å². The molecule has 264 valence electrons. The molecule has 0 amide bonds. The molecule has 0 fully saturated rings. The molecule has 0 atom stereocenters. The van der Waals surface area contributed by atoms with Gasteiger partial charge in [-0.25, -0.2) is 0 Å². The Bertz CT molecular complexity index is 2050. The van der Waals surface area contributed by atoms with E-state index in [1.807, 2.05) is 0 Å². The van der Waals surface area contributed by atoms with Gasteiger partial charge in [0.25, 0.3) is 0 Å². The molecule has 7 aromatic carbocycles. The van der Waals surface area contributed by atoms with E-state index in [-0.39, 0.29) is 5.41 Å². The molecule has 3 heteroatoms. The SMILES string of the molecule is C1=CC(CP(c2ccccc2)c2ccccc2)=C(c2ccccc2)C(CP(c2ccccc2)c2ccccc2)(CP(c2ccccc2)c2ccccc2)C1. The molecule has 0 unspecified atom stereocenters. The summed E-state index contributed by atoms with van der Waals surface area (Å²) in [7, 11) is -2.02. The van der Waals surface area contributed by atoms with E-state index in [9.17, 15) is 0 Å². The fraction of sp³-hybridized carbons (Fsp3) is 0.0980. The zero-order chi connectivity index (χ0) is 36.4. The highest BCUT2D eigenvalue weighted by atomic mass is 31.1. The summed E-state index contributed by atoms with van der Waals surface area (Å²) >= 11 is 0. The van der Waals surface area contributed by atoms with E-state index >= 15 is 0 Å². The maximum Gasteiger partial charge on any atom is 0.00866 e. The summed E-state index contributed by atoms with van der Waals surface area (Å²) in [6.45, 7) is 0. The van der Waals surface area contributed by atoms with Crippen LogP contribution in [0.4, 0.5) is 0 Å². The molecule has 54 heavy (non-hydrogen) atoms. The second-order valence-electron chi connectivity index (χ2n) is 13.9. The highest BCUT2D eigenvalue weighted by Crippen LogP contribution is 2.58. The quantitative estimate of drug-likeness (QED) is 0.103. The van der Waals surface area contributed by atoms with E-state index < -0.39 is 23.8 Å². The molecule has 0 heterocycles. The van der Waals surface area contributed by atoms with Crippen molar-refractivity contribution in [2.75, 3.05) is 18.5 Å². The molecule has 0 bridgehead atoms. The first-order valence-electron chi connectivity index (χ1n) is 18.9. The van der Waals surface area contributed by atoms with Gasteiger partial charge in [-0.15, -0.1) is 0 Å². The van der Waals surface area contributed by atoms with Gasteiger partial charge in [-0.1, -0.05) is 224 Å². The molecule has 0 aromatic heterocycles. The predicted molar refractivity (Wildman–Crippen MR) is 241 cm³/mol. The molecule has 0 radical (unpaired) electrons. The monoisotopic (exact) mass is 750 g/mol. The van der Waals surface area contributed by atoms with Crippen molar-refractivity contribution < 1.29 is 0 Å². The van der Waals surface area contributed by atoms with Crippen LogP contribution in [0.3, 0.4) is 0 Å². The van der Waals surface area contributed by atoms with Crippen molar-refractivity contribution in [2.24, 2.45) is 5.41 Å². The molecular weight excluding hydrogens is 705 g/mol. The molecule has 0 N–H and O–H groups in total. The van der Waals surface area contributed by atoms with Crippen molar-refractivity contribution in [1.82, 2.24) is 0 Å². The van der Waals surface area contributed by atoms with Crippen LogP contribution in [0.2, 0.25) is 0 Å². The number of rotatable bonds is 13. The summed E-state index contributed by atoms with van der Waals surface area (Å²) < 4.78 is 0. The summed E-state index contributed by atoms with van der Waals surface area (Å²) in [5.74, 6) is 0. The molecule has 0 saturated carbocycles. The van der Waals surface area contributed by atoms with Crippen molar-refractivity contribution in [3.8, 4) is 0 Å². The third-order valence-corrected chi connectivity index (χ3v) is 18.4. The van der Waals surface area contributed by atoms with E-state index in [0.29, 0.717) is 0 Å². The van der Waals surface area contributed by atoms with Gasteiger partial charge < -0.3 is 0 Å². The number of hydrogen-bond donors (Lipinski definition) is 0. The van der Waals surface area contributed by atoms with Crippen LogP contribution in [0.5, 0.6) is 0 Å². The number of allylic oxidation sites excluding steroid dienone is 4. The molecule has 0 spiro atoms. The average Bonchev–Trinajstić information content (AvgIpc) is 3.26. The number of benzene rings is 7. The van der Waals surface area contributed by atoms with Gasteiger partial charge in [-0.3, -0.25) is 0 Å². The van der Waals surface area contributed by atoms with Crippen LogP contribution < -0.4 is 31.8 Å². The lowest BCUT2D eigenvalue weighted by Crippen LogP contribution is -2.37. The second kappa shape index (κ2) is 17.6. The summed E-state index contributed by atoms with van der Waals surface area (Å²) in [4.78, 5) is 0. The summed E-state index contributed by atoms with van der Waals surface area (Å²) in [6.07, 6.45) is 9.19. The molecule has 0 saturated heterocycles. The lowest BCUT2D eigenvalue weighted by molar-refractivity contribution is 0.520. The molecule has 7 aromatic rings. The Hall–Kier alpha value is -4.69. The summed E-state index contributed by atoms with van der Waals surface area (Å²) in [5.41, 5.74) is 4.26. The summed E-state index contributed by atoms with van der Waals surface area (Å²) in [5, 5.41) is 8.63. The molecule has 1 aliphatic carbocycles. The average molecular weight is 751 g/mol. The van der Waals surface area contributed by atoms with Crippen molar-refractivity contribution in [1.29, 1.82) is 0 Å². The Balaban J connectivity index is 1.37. The zero-order valence-electron chi connectivity index (χ0n) is 30.5. The van der Waals surface area contributed by atoms with Crippen molar-refractivity contribution >= 4 is 61.2 Å². The van der Waals surface area contributed by atoms with Gasteiger partial charge in [-0.05, 0) is 91.0 Å². The maximum atomic E-state index is 2.54. The smallest absolute Gasteiger partial charge is 0.00866 e. The van der Waals surface area contributed by atoms with Gasteiger partial charge in [0.05, 0.1) is 0 Å². The van der Waals surface area contributed by atoms with Crippen molar-refractivity contribution in [2.45, 2.75) is 6.42 Å². The second-order valence-corrected chi connectivity index (χ2v) is 20.5. The van der Waals surface area contributed by atoms with Gasteiger partial charge in [0.2, 0.25) is 0 Å². The minimum atomic E-state index is -0.687. The van der Waals surface area contributed by atoms with E-state index in [4.69, 9.17) is 0 Å². The number of hydrogen-bond acceptors (Lipinski definition) is 0. The third kappa shape index (κ3) is 8.34. The van der Waals surface area contributed by atoms with Crippen LogP contribution in [-0.2, 0) is 0 Å². The lowest BCUT2D eigenvalue weighted by Gasteiger charge is -2.45. The van der Waals surface area contributed by atoms with E-state index in [0.717, 1.165) is 24.9 Å². The maximum absolute atomic E-state index is 2.54. The van der Waals surface area contributed by atoms with Gasteiger partial charge in [0.1, 0.15) is 0 Å². The standard InChI is InChI=1S/C51H45P3/c1-8-23-42(24-9-1)50-43(39-52(44-26-10-2-11-27-44)45-28-12-3-13-29-45)25-22-38-51(50,40-53(46-30-14-4-15-31-46)47-32-16-5-17-33-47)41-54(48-34-18-6-19-35-48)49-36-20-7-21-37-49/h1-37H,38-41H2. The van der Waals surface area contributed by atoms with E-state index in [1.54, 1.807) is 5.57 Å². The first-order valence-corrected chi connectivity index (χ1v) is 23.4. The lowest BCUT2D eigenvalue weighted by atomic mass is 9.72. The van der Waals surface area contributed by atoms with Gasteiger partial charge in [0.15, 0.2) is 0 Å². The van der Waals surface area contributed by atoms with Gasteiger partial charge in [-0.2, -0.15) is 0 Å². The Labute approximate surface area is 325 Å². The largest absolute Gasteiger partial charge is 0.0833 e. The van der Waals surface area contributed by atoms with E-state index in [2.05, 4.69) is 224 Å². The van der Waals surface area contributed by atoms with Crippen LogP contribution in [0.1, 0.15) is 12.0 Å². The fourth-order valence-electron chi connectivity index (χ4n) is 7.94. The molecule has 0 nitrogen and oxygen atoms in total. The van der Waals surface area contributed by atoms with Gasteiger partial charge in [0, 0.05) is 11.6 Å². The Morgan fingerprint density at radius 2 is 0.648 bits per heavy atom. The van der Waals surface area contributed by atoms with Crippen LogP contribution in [0.25, 0.3) is 5.57 Å². The molecule has 8 rings (SSSR count). The minimum absolute atomic E-state index is 0.130. The minimum Gasteiger partial charge on any atom is -0.0833 e. The highest BCUT2D eigenvalue weighted by Gasteiger charge is 2.43. The van der Waals surface area contributed by atoms with Crippen molar-refractivity contribution in [3.05, 3.63) is 236 Å². The fourth-order valence-corrected chi connectivity index (χ4v) is 15.9. The topological polar surface area (TPSA) is 0 Å². The Morgan fingerprint density at radius 1 is 0.352 bits per heavy atom. The Morgan fingerprint density at radius 3 is 0.981 bits per heavy atom. The first kappa shape index (κ1) is 36.3. The molecule has 1 aliphatic rings. The van der Waals surface area contributed by atoms with E-state index in [1.165, 1.54) is 43.0 Å².